The van der Waals surface area contributed by atoms with Crippen LogP contribution in [0.3, 0.4) is 0 Å². The van der Waals surface area contributed by atoms with Crippen LogP contribution >= 0.6 is 15.9 Å². The number of halogens is 1. The molecule has 0 aliphatic heterocycles. The third-order valence-corrected chi connectivity index (χ3v) is 4.30. The second-order valence-electron chi connectivity index (χ2n) is 5.49. The molecule has 19 heavy (non-hydrogen) atoms. The van der Waals surface area contributed by atoms with E-state index in [2.05, 4.69) is 21.2 Å². The smallest absolute Gasteiger partial charge is 0.0914 e. The predicted molar refractivity (Wildman–Crippen MR) is 80.0 cm³/mol. The molecule has 2 rings (SSSR count). The van der Waals surface area contributed by atoms with E-state index in [4.69, 9.17) is 0 Å². The van der Waals surface area contributed by atoms with Crippen LogP contribution in [0.2, 0.25) is 0 Å². The van der Waals surface area contributed by atoms with E-state index in [1.807, 2.05) is 24.3 Å². The molecule has 0 bridgehead atoms. The summed E-state index contributed by atoms with van der Waals surface area (Å²) in [7, 11) is 0. The van der Waals surface area contributed by atoms with Crippen molar-refractivity contribution in [2.45, 2.75) is 43.8 Å². The molecule has 1 unspecified atom stereocenters. The second kappa shape index (κ2) is 6.84. The minimum Gasteiger partial charge on any atom is -0.389 e. The van der Waals surface area contributed by atoms with E-state index in [1.54, 1.807) is 0 Å². The maximum Gasteiger partial charge on any atom is 0.0914 e. The first-order valence-corrected chi connectivity index (χ1v) is 7.75. The quantitative estimate of drug-likeness (QED) is 0.779. The molecule has 0 heterocycles. The fourth-order valence-corrected chi connectivity index (χ4v) is 3.08. The molecule has 0 amide bonds. The molecule has 3 nitrogen and oxygen atoms in total. The third-order valence-electron chi connectivity index (χ3n) is 3.81. The molecule has 1 aromatic carbocycles. The van der Waals surface area contributed by atoms with Crippen LogP contribution in [-0.2, 0) is 0 Å². The Morgan fingerprint density at radius 1 is 1.26 bits per heavy atom. The van der Waals surface area contributed by atoms with Crippen molar-refractivity contribution in [1.29, 1.82) is 0 Å². The molecule has 106 valence electrons. The summed E-state index contributed by atoms with van der Waals surface area (Å²) in [5.41, 5.74) is 0.312. The molecule has 1 atom stereocenters. The zero-order valence-electron chi connectivity index (χ0n) is 11.1. The van der Waals surface area contributed by atoms with E-state index >= 15 is 0 Å². The van der Waals surface area contributed by atoms with Crippen LogP contribution in [0, 0.1) is 0 Å². The van der Waals surface area contributed by atoms with Crippen LogP contribution in [0.25, 0.3) is 0 Å². The van der Waals surface area contributed by atoms with E-state index in [9.17, 15) is 10.2 Å². The summed E-state index contributed by atoms with van der Waals surface area (Å²) in [5.74, 6) is 0. The van der Waals surface area contributed by atoms with Crippen LogP contribution in [-0.4, -0.2) is 28.9 Å². The Balaban J connectivity index is 1.79. The van der Waals surface area contributed by atoms with Crippen molar-refractivity contribution in [3.8, 4) is 0 Å². The Kier molecular flexibility index (Phi) is 5.39. The Bertz CT molecular complexity index is 405. The fourth-order valence-electron chi connectivity index (χ4n) is 2.66. The lowest BCUT2D eigenvalue weighted by Gasteiger charge is -2.32. The SMILES string of the molecule is OC(CNCC1(O)CCCCC1)c1cccc(Br)c1. The first kappa shape index (κ1) is 15.0. The molecule has 1 aliphatic rings. The Morgan fingerprint density at radius 3 is 2.68 bits per heavy atom. The first-order chi connectivity index (χ1) is 9.09. The molecular weight excluding hydrogens is 306 g/mol. The van der Waals surface area contributed by atoms with Crippen molar-refractivity contribution in [3.05, 3.63) is 34.3 Å². The average molecular weight is 328 g/mol. The molecule has 0 radical (unpaired) electrons. The topological polar surface area (TPSA) is 52.5 Å². The summed E-state index contributed by atoms with van der Waals surface area (Å²) < 4.78 is 0.968. The van der Waals surface area contributed by atoms with E-state index in [-0.39, 0.29) is 0 Å². The maximum atomic E-state index is 10.3. The third kappa shape index (κ3) is 4.56. The van der Waals surface area contributed by atoms with Gasteiger partial charge in [-0.1, -0.05) is 47.3 Å². The first-order valence-electron chi connectivity index (χ1n) is 6.96. The van der Waals surface area contributed by atoms with Crippen molar-refractivity contribution in [1.82, 2.24) is 5.32 Å². The highest BCUT2D eigenvalue weighted by Gasteiger charge is 2.28. The second-order valence-corrected chi connectivity index (χ2v) is 6.40. The molecule has 0 aromatic heterocycles. The average Bonchev–Trinajstić information content (AvgIpc) is 2.39. The van der Waals surface area contributed by atoms with Crippen LogP contribution in [0.15, 0.2) is 28.7 Å². The highest BCUT2D eigenvalue weighted by molar-refractivity contribution is 9.10. The normalized spacial score (nSPS) is 20.2. The fraction of sp³-hybridized carbons (Fsp3) is 0.600. The van der Waals surface area contributed by atoms with E-state index < -0.39 is 11.7 Å². The lowest BCUT2D eigenvalue weighted by Crippen LogP contribution is -2.43. The molecule has 1 saturated carbocycles. The monoisotopic (exact) mass is 327 g/mol. The number of rotatable bonds is 5. The molecule has 0 spiro atoms. The minimum atomic E-state index is -0.574. The van der Waals surface area contributed by atoms with Gasteiger partial charge in [-0.2, -0.15) is 0 Å². The van der Waals surface area contributed by atoms with Crippen molar-refractivity contribution >= 4 is 15.9 Å². The number of nitrogens with one attached hydrogen (secondary N) is 1. The van der Waals surface area contributed by atoms with Gasteiger partial charge < -0.3 is 15.5 Å². The summed E-state index contributed by atoms with van der Waals surface area (Å²) in [5, 5.41) is 23.6. The highest BCUT2D eigenvalue weighted by Crippen LogP contribution is 2.27. The van der Waals surface area contributed by atoms with Gasteiger partial charge in [0.2, 0.25) is 0 Å². The summed E-state index contributed by atoms with van der Waals surface area (Å²) >= 11 is 3.40. The summed E-state index contributed by atoms with van der Waals surface area (Å²) in [6.07, 6.45) is 4.63. The molecule has 3 N–H and O–H groups in total. The van der Waals surface area contributed by atoms with Gasteiger partial charge in [0.15, 0.2) is 0 Å². The van der Waals surface area contributed by atoms with Gasteiger partial charge >= 0.3 is 0 Å². The van der Waals surface area contributed by atoms with Gasteiger partial charge in [0, 0.05) is 17.6 Å². The molecular formula is C15H22BrNO2. The van der Waals surface area contributed by atoms with Crippen molar-refractivity contribution in [2.24, 2.45) is 0 Å². The lowest BCUT2D eigenvalue weighted by molar-refractivity contribution is 0.00264. The van der Waals surface area contributed by atoms with Crippen LogP contribution < -0.4 is 5.32 Å². The van der Waals surface area contributed by atoms with E-state index in [0.717, 1.165) is 35.7 Å². The van der Waals surface area contributed by atoms with Gasteiger partial charge in [-0.25, -0.2) is 0 Å². The standard InChI is InChI=1S/C15H22BrNO2/c16-13-6-4-5-12(9-13)14(18)10-17-11-15(19)7-2-1-3-8-15/h4-6,9,14,17-19H,1-3,7-8,10-11H2. The Hall–Kier alpha value is -0.420. The highest BCUT2D eigenvalue weighted by atomic mass is 79.9. The summed E-state index contributed by atoms with van der Waals surface area (Å²) in [6.45, 7) is 1.04. The molecule has 0 saturated heterocycles. The van der Waals surface area contributed by atoms with Crippen LogP contribution in [0.5, 0.6) is 0 Å². The predicted octanol–water partition coefficient (Wildman–Crippen LogP) is 2.77. The van der Waals surface area contributed by atoms with Gasteiger partial charge in [0.1, 0.15) is 0 Å². The van der Waals surface area contributed by atoms with E-state index in [1.165, 1.54) is 6.42 Å². The van der Waals surface area contributed by atoms with Crippen molar-refractivity contribution in [2.75, 3.05) is 13.1 Å². The number of benzene rings is 1. The van der Waals surface area contributed by atoms with Gasteiger partial charge in [-0.15, -0.1) is 0 Å². The van der Waals surface area contributed by atoms with Gasteiger partial charge in [-0.05, 0) is 30.5 Å². The number of aliphatic hydroxyl groups is 2. The van der Waals surface area contributed by atoms with Crippen molar-refractivity contribution in [3.63, 3.8) is 0 Å². The van der Waals surface area contributed by atoms with Gasteiger partial charge in [0.05, 0.1) is 11.7 Å². The minimum absolute atomic E-state index is 0.471. The number of hydrogen-bond donors (Lipinski definition) is 3. The number of hydrogen-bond acceptors (Lipinski definition) is 3. The number of aliphatic hydroxyl groups excluding tert-OH is 1. The molecule has 1 aromatic rings. The zero-order chi connectivity index (χ0) is 13.7. The molecule has 1 aliphatic carbocycles. The molecule has 1 fully saturated rings. The maximum absolute atomic E-state index is 10.3. The van der Waals surface area contributed by atoms with Gasteiger partial charge in [0.25, 0.3) is 0 Å². The van der Waals surface area contributed by atoms with E-state index in [0.29, 0.717) is 13.1 Å². The van der Waals surface area contributed by atoms with Crippen LogP contribution in [0.1, 0.15) is 43.8 Å². The Morgan fingerprint density at radius 2 is 2.00 bits per heavy atom. The summed E-state index contributed by atoms with van der Waals surface area (Å²) in [6, 6.07) is 7.68. The zero-order valence-corrected chi connectivity index (χ0v) is 12.7. The largest absolute Gasteiger partial charge is 0.389 e. The molecule has 4 heteroatoms. The van der Waals surface area contributed by atoms with Gasteiger partial charge in [-0.3, -0.25) is 0 Å². The summed E-state index contributed by atoms with van der Waals surface area (Å²) in [4.78, 5) is 0. The van der Waals surface area contributed by atoms with Crippen LogP contribution in [0.4, 0.5) is 0 Å². The van der Waals surface area contributed by atoms with Crippen molar-refractivity contribution < 1.29 is 10.2 Å². The Labute approximate surface area is 123 Å². The lowest BCUT2D eigenvalue weighted by atomic mass is 9.85.